The maximum Gasteiger partial charge on any atom is 0.310 e. The first-order valence-corrected chi connectivity index (χ1v) is 10.6. The average molecular weight is 314 g/mol. The fourth-order valence-corrected chi connectivity index (χ4v) is 5.55. The van der Waals surface area contributed by atoms with E-state index >= 15 is 0 Å². The molecule has 0 saturated carbocycles. The molecule has 1 atom stereocenters. The number of rotatable bonds is 6. The Balaban J connectivity index is 2.36. The Morgan fingerprint density at radius 1 is 1.09 bits per heavy atom. The molecule has 1 unspecified atom stereocenters. The van der Waals surface area contributed by atoms with Crippen molar-refractivity contribution in [3.05, 3.63) is 60.2 Å². The number of carboxylic acids is 1. The van der Waals surface area contributed by atoms with Gasteiger partial charge in [-0.2, -0.15) is 0 Å². The number of para-hydroxylation sites is 1. The van der Waals surface area contributed by atoms with Crippen LogP contribution in [0.1, 0.15) is 11.5 Å². The number of ether oxygens (including phenoxy) is 1. The Morgan fingerprint density at radius 2 is 1.68 bits per heavy atom. The monoisotopic (exact) mass is 314 g/mol. The van der Waals surface area contributed by atoms with Crippen LogP contribution in [-0.4, -0.2) is 26.3 Å². The summed E-state index contributed by atoms with van der Waals surface area (Å²) in [5, 5.41) is 11.0. The van der Waals surface area contributed by atoms with Crippen LogP contribution in [0.15, 0.2) is 54.6 Å². The Bertz CT molecular complexity index is 638. The fourth-order valence-electron chi connectivity index (χ4n) is 2.80. The van der Waals surface area contributed by atoms with E-state index in [0.717, 1.165) is 5.56 Å². The summed E-state index contributed by atoms with van der Waals surface area (Å²) in [5.74, 6) is -0.688. The average Bonchev–Trinajstić information content (AvgIpc) is 2.53. The van der Waals surface area contributed by atoms with E-state index in [-0.39, 0.29) is 0 Å². The zero-order chi connectivity index (χ0) is 16.2. The maximum absolute atomic E-state index is 11.8. The molecule has 0 heterocycles. The summed E-state index contributed by atoms with van der Waals surface area (Å²) < 4.78 is 5.35. The van der Waals surface area contributed by atoms with Gasteiger partial charge in [-0.25, -0.2) is 0 Å². The first-order valence-electron chi connectivity index (χ1n) is 7.37. The quantitative estimate of drug-likeness (QED) is 0.830. The molecular formula is C18H22O3Si. The number of hydrogen-bond acceptors (Lipinski definition) is 2. The maximum atomic E-state index is 11.8. The molecule has 2 rings (SSSR count). The molecule has 0 bridgehead atoms. The standard InChI is InChI=1S/C18H22O3Si/c1-21-17-12-8-7-11-15(17)16(18(19)20)13-22(2,3)14-9-5-4-6-10-14/h4-12,16H,13H2,1-3H3,(H,19,20). The van der Waals surface area contributed by atoms with Gasteiger partial charge in [-0.05, 0) is 12.1 Å². The zero-order valence-electron chi connectivity index (χ0n) is 13.2. The summed E-state index contributed by atoms with van der Waals surface area (Å²) in [6, 6.07) is 18.3. The minimum absolute atomic E-state index is 0.543. The summed E-state index contributed by atoms with van der Waals surface area (Å²) in [5.41, 5.74) is 0.758. The van der Waals surface area contributed by atoms with Crippen molar-refractivity contribution < 1.29 is 14.6 Å². The lowest BCUT2D eigenvalue weighted by Crippen LogP contribution is -2.43. The van der Waals surface area contributed by atoms with Gasteiger partial charge in [0.05, 0.1) is 21.1 Å². The normalized spacial score (nSPS) is 12.7. The number of hydrogen-bond donors (Lipinski definition) is 1. The summed E-state index contributed by atoms with van der Waals surface area (Å²) in [7, 11) is -0.279. The lowest BCUT2D eigenvalue weighted by molar-refractivity contribution is -0.138. The van der Waals surface area contributed by atoms with Gasteiger partial charge >= 0.3 is 5.97 Å². The van der Waals surface area contributed by atoms with E-state index in [2.05, 4.69) is 25.2 Å². The van der Waals surface area contributed by atoms with Crippen molar-refractivity contribution in [2.75, 3.05) is 7.11 Å². The molecule has 0 aliphatic carbocycles. The van der Waals surface area contributed by atoms with Crippen molar-refractivity contribution in [3.63, 3.8) is 0 Å². The summed E-state index contributed by atoms with van der Waals surface area (Å²) >= 11 is 0. The van der Waals surface area contributed by atoms with Crippen LogP contribution in [0.25, 0.3) is 0 Å². The van der Waals surface area contributed by atoms with E-state index in [0.29, 0.717) is 11.8 Å². The third-order valence-corrected chi connectivity index (χ3v) is 7.41. The number of benzene rings is 2. The highest BCUT2D eigenvalue weighted by molar-refractivity contribution is 6.90. The highest BCUT2D eigenvalue weighted by Gasteiger charge is 2.33. The van der Waals surface area contributed by atoms with Gasteiger partial charge in [0.15, 0.2) is 0 Å². The highest BCUT2D eigenvalue weighted by Crippen LogP contribution is 2.33. The molecule has 0 amide bonds. The second kappa shape index (κ2) is 6.79. The minimum Gasteiger partial charge on any atom is -0.496 e. The molecule has 2 aromatic rings. The third kappa shape index (κ3) is 3.57. The van der Waals surface area contributed by atoms with Crippen LogP contribution in [0, 0.1) is 0 Å². The highest BCUT2D eigenvalue weighted by atomic mass is 28.3. The fraction of sp³-hybridized carbons (Fsp3) is 0.278. The molecule has 0 spiro atoms. The molecule has 0 aliphatic rings. The molecule has 0 fully saturated rings. The van der Waals surface area contributed by atoms with E-state index in [9.17, 15) is 9.90 Å². The van der Waals surface area contributed by atoms with Crippen molar-refractivity contribution in [1.82, 2.24) is 0 Å². The largest absolute Gasteiger partial charge is 0.496 e. The lowest BCUT2D eigenvalue weighted by atomic mass is 10.0. The summed E-state index contributed by atoms with van der Waals surface area (Å²) in [6.07, 6.45) is 0. The van der Waals surface area contributed by atoms with Gasteiger partial charge in [0, 0.05) is 5.56 Å². The van der Waals surface area contributed by atoms with E-state index in [1.165, 1.54) is 5.19 Å². The van der Waals surface area contributed by atoms with Gasteiger partial charge in [0.2, 0.25) is 0 Å². The third-order valence-electron chi connectivity index (χ3n) is 4.08. The molecule has 3 nitrogen and oxygen atoms in total. The van der Waals surface area contributed by atoms with Gasteiger partial charge in [0.1, 0.15) is 5.75 Å². The minimum atomic E-state index is -1.86. The van der Waals surface area contributed by atoms with Crippen LogP contribution in [0.5, 0.6) is 5.75 Å². The van der Waals surface area contributed by atoms with Crippen LogP contribution >= 0.6 is 0 Å². The zero-order valence-corrected chi connectivity index (χ0v) is 14.2. The van der Waals surface area contributed by atoms with Gasteiger partial charge in [-0.1, -0.05) is 66.8 Å². The molecule has 1 N–H and O–H groups in total. The van der Waals surface area contributed by atoms with E-state index in [4.69, 9.17) is 4.74 Å². The van der Waals surface area contributed by atoms with Crippen molar-refractivity contribution in [1.29, 1.82) is 0 Å². The lowest BCUT2D eigenvalue weighted by Gasteiger charge is -2.27. The molecule has 0 radical (unpaired) electrons. The molecular weight excluding hydrogens is 292 g/mol. The Labute approximate surface area is 132 Å². The molecule has 4 heteroatoms. The second-order valence-electron chi connectivity index (χ2n) is 6.09. The topological polar surface area (TPSA) is 46.5 Å². The smallest absolute Gasteiger partial charge is 0.310 e. The predicted molar refractivity (Wildman–Crippen MR) is 91.7 cm³/mol. The summed E-state index contributed by atoms with van der Waals surface area (Å²) in [4.78, 5) is 11.8. The van der Waals surface area contributed by atoms with Crippen molar-refractivity contribution >= 4 is 19.2 Å². The van der Waals surface area contributed by atoms with Crippen LogP contribution in [0.4, 0.5) is 0 Å². The Kier molecular flexibility index (Phi) is 5.03. The molecule has 116 valence electrons. The Morgan fingerprint density at radius 3 is 2.27 bits per heavy atom. The van der Waals surface area contributed by atoms with Gasteiger partial charge in [0.25, 0.3) is 0 Å². The Hall–Kier alpha value is -2.07. The van der Waals surface area contributed by atoms with E-state index in [1.54, 1.807) is 7.11 Å². The van der Waals surface area contributed by atoms with Crippen LogP contribution in [0.3, 0.4) is 0 Å². The number of aliphatic carboxylic acids is 1. The molecule has 2 aromatic carbocycles. The summed E-state index contributed by atoms with van der Waals surface area (Å²) in [6.45, 7) is 4.43. The first-order chi connectivity index (χ1) is 10.5. The molecule has 22 heavy (non-hydrogen) atoms. The molecule has 0 aliphatic heterocycles. The molecule has 0 saturated heterocycles. The van der Waals surface area contributed by atoms with Crippen LogP contribution in [0.2, 0.25) is 19.1 Å². The molecule has 0 aromatic heterocycles. The first kappa shape index (κ1) is 16.3. The number of methoxy groups -OCH3 is 1. The van der Waals surface area contributed by atoms with Crippen LogP contribution in [-0.2, 0) is 4.79 Å². The van der Waals surface area contributed by atoms with Crippen LogP contribution < -0.4 is 9.92 Å². The van der Waals surface area contributed by atoms with E-state index < -0.39 is 20.0 Å². The van der Waals surface area contributed by atoms with E-state index in [1.807, 2.05) is 42.5 Å². The van der Waals surface area contributed by atoms with Crippen molar-refractivity contribution in [2.45, 2.75) is 25.1 Å². The number of carboxylic acid groups (broad SMARTS) is 1. The van der Waals surface area contributed by atoms with Gasteiger partial charge in [-0.3, -0.25) is 4.79 Å². The predicted octanol–water partition coefficient (Wildman–Crippen LogP) is 3.48. The SMILES string of the molecule is COc1ccccc1C(C[Si](C)(C)c1ccccc1)C(=O)O. The van der Waals surface area contributed by atoms with Gasteiger partial charge in [-0.15, -0.1) is 0 Å². The van der Waals surface area contributed by atoms with Gasteiger partial charge < -0.3 is 9.84 Å². The second-order valence-corrected chi connectivity index (χ2v) is 10.8. The van der Waals surface area contributed by atoms with Crippen molar-refractivity contribution in [3.8, 4) is 5.75 Å². The number of carbonyl (C=O) groups is 1. The van der Waals surface area contributed by atoms with Crippen molar-refractivity contribution in [2.24, 2.45) is 0 Å².